The van der Waals surface area contributed by atoms with Crippen LogP contribution in [0.1, 0.15) is 23.2 Å². The lowest BCUT2D eigenvalue weighted by atomic mass is 10.2. The van der Waals surface area contributed by atoms with Crippen LogP contribution < -0.4 is 9.62 Å². The molecule has 1 fully saturated rings. The molecule has 1 heterocycles. The predicted octanol–water partition coefficient (Wildman–Crippen LogP) is 2.08. The van der Waals surface area contributed by atoms with Gasteiger partial charge in [0.05, 0.1) is 34.8 Å². The zero-order valence-electron chi connectivity index (χ0n) is 17.8. The fraction of sp³-hybridized carbons (Fsp3) is 0.286. The Kier molecular flexibility index (Phi) is 7.34. The maximum Gasteiger partial charge on any atom is 0.337 e. The number of hydrogen-bond donors (Lipinski definition) is 1. The molecule has 1 saturated heterocycles. The van der Waals surface area contributed by atoms with Crippen LogP contribution in [0.4, 0.5) is 5.69 Å². The number of rotatable bonds is 8. The summed E-state index contributed by atoms with van der Waals surface area (Å²) in [4.78, 5) is 40.6. The summed E-state index contributed by atoms with van der Waals surface area (Å²) in [6.07, 6.45) is 0.0232. The average molecular weight is 478 g/mol. The summed E-state index contributed by atoms with van der Waals surface area (Å²) in [6, 6.07) is 11.5. The van der Waals surface area contributed by atoms with E-state index in [1.807, 2.05) is 6.07 Å². The molecule has 1 aliphatic rings. The third kappa shape index (κ3) is 5.18. The second-order valence-corrected chi connectivity index (χ2v) is 10.1. The van der Waals surface area contributed by atoms with E-state index in [2.05, 4.69) is 4.72 Å². The van der Waals surface area contributed by atoms with Gasteiger partial charge < -0.3 is 4.74 Å². The summed E-state index contributed by atoms with van der Waals surface area (Å²) in [5.41, 5.74) is -0.0443. The van der Waals surface area contributed by atoms with E-state index in [0.717, 1.165) is 16.7 Å². The molecule has 2 amide bonds. The molecule has 0 saturated carbocycles. The van der Waals surface area contributed by atoms with Crippen molar-refractivity contribution in [2.24, 2.45) is 0 Å². The molecule has 170 valence electrons. The Hall–Kier alpha value is -2.73. The number of hydrogen-bond acceptors (Lipinski definition) is 8. The molecule has 1 aliphatic heterocycles. The predicted molar refractivity (Wildman–Crippen MR) is 119 cm³/mol. The molecule has 2 aromatic rings. The molecule has 9 nitrogen and oxygen atoms in total. The average Bonchev–Trinajstić information content (AvgIpc) is 3.10. The van der Waals surface area contributed by atoms with Gasteiger partial charge >= 0.3 is 5.97 Å². The summed E-state index contributed by atoms with van der Waals surface area (Å²) in [6.45, 7) is 0.0110. The minimum absolute atomic E-state index is 0.0110. The van der Waals surface area contributed by atoms with E-state index in [1.165, 1.54) is 19.2 Å². The van der Waals surface area contributed by atoms with E-state index in [0.29, 0.717) is 4.90 Å². The van der Waals surface area contributed by atoms with Crippen LogP contribution in [0.25, 0.3) is 0 Å². The molecule has 0 radical (unpaired) electrons. The van der Waals surface area contributed by atoms with Gasteiger partial charge in [0.1, 0.15) is 0 Å². The summed E-state index contributed by atoms with van der Waals surface area (Å²) >= 11 is 1.09. The van der Waals surface area contributed by atoms with Crippen LogP contribution in [0.5, 0.6) is 0 Å². The van der Waals surface area contributed by atoms with Gasteiger partial charge in [0, 0.05) is 17.7 Å². The molecule has 2 aromatic carbocycles. The van der Waals surface area contributed by atoms with E-state index in [9.17, 15) is 22.8 Å². The number of methoxy groups -OCH3 is 1. The first kappa shape index (κ1) is 23.9. The van der Waals surface area contributed by atoms with Gasteiger partial charge in [-0.15, -0.1) is 0 Å². The molecule has 0 spiro atoms. The van der Waals surface area contributed by atoms with Gasteiger partial charge in [-0.05, 0) is 38.4 Å². The first-order valence-corrected chi connectivity index (χ1v) is 11.9. The SMILES string of the molecule is COC(=O)c1cc(N2C(=O)CCC2=O)c(Sc2ccccc2)c(S(=O)(=O)NCN(C)C)c1. The van der Waals surface area contributed by atoms with E-state index in [-0.39, 0.29) is 40.6 Å². The minimum atomic E-state index is -4.13. The second kappa shape index (κ2) is 9.82. The number of sulfonamides is 1. The lowest BCUT2D eigenvalue weighted by molar-refractivity contribution is -0.121. The van der Waals surface area contributed by atoms with Crippen molar-refractivity contribution >= 4 is 45.3 Å². The molecule has 32 heavy (non-hydrogen) atoms. The van der Waals surface area contributed by atoms with Crippen molar-refractivity contribution in [3.63, 3.8) is 0 Å². The van der Waals surface area contributed by atoms with Gasteiger partial charge in [-0.3, -0.25) is 14.5 Å². The van der Waals surface area contributed by atoms with Crippen LogP contribution in [-0.2, 0) is 24.3 Å². The van der Waals surface area contributed by atoms with Crippen LogP contribution in [0, 0.1) is 0 Å². The second-order valence-electron chi connectivity index (χ2n) is 7.24. The maximum absolute atomic E-state index is 13.2. The van der Waals surface area contributed by atoms with Crippen LogP contribution in [0.3, 0.4) is 0 Å². The Balaban J connectivity index is 2.28. The molecular formula is C21H23N3O6S2. The summed E-state index contributed by atoms with van der Waals surface area (Å²) in [5.74, 6) is -1.71. The van der Waals surface area contributed by atoms with Crippen LogP contribution in [0.15, 0.2) is 57.2 Å². The van der Waals surface area contributed by atoms with Gasteiger partial charge in [0.25, 0.3) is 0 Å². The fourth-order valence-corrected chi connectivity index (χ4v) is 5.65. The zero-order valence-corrected chi connectivity index (χ0v) is 19.5. The highest BCUT2D eigenvalue weighted by Crippen LogP contribution is 2.42. The van der Waals surface area contributed by atoms with E-state index in [1.54, 1.807) is 43.3 Å². The number of anilines is 1. The highest BCUT2D eigenvalue weighted by Gasteiger charge is 2.35. The van der Waals surface area contributed by atoms with Gasteiger partial charge in [-0.1, -0.05) is 30.0 Å². The molecule has 3 rings (SSSR count). The largest absolute Gasteiger partial charge is 0.465 e. The standard InChI is InChI=1S/C21H23N3O6S2/c1-23(2)13-22-32(28,29)17-12-14(21(27)30-3)11-16(24-18(25)9-10-19(24)26)20(17)31-15-7-5-4-6-8-15/h4-8,11-12,22H,9-10,13H2,1-3H3. The van der Waals surface area contributed by atoms with Gasteiger partial charge in [-0.25, -0.2) is 18.1 Å². The van der Waals surface area contributed by atoms with Crippen molar-refractivity contribution in [2.75, 3.05) is 32.8 Å². The van der Waals surface area contributed by atoms with Gasteiger partial charge in [-0.2, -0.15) is 4.72 Å². The van der Waals surface area contributed by atoms with Crippen molar-refractivity contribution in [2.45, 2.75) is 27.5 Å². The van der Waals surface area contributed by atoms with Gasteiger partial charge in [0.2, 0.25) is 21.8 Å². The lowest BCUT2D eigenvalue weighted by Crippen LogP contribution is -2.34. The monoisotopic (exact) mass is 477 g/mol. The number of carbonyl (C=O) groups excluding carboxylic acids is 3. The number of carbonyl (C=O) groups is 3. The third-order valence-electron chi connectivity index (χ3n) is 4.57. The van der Waals surface area contributed by atoms with Crippen molar-refractivity contribution < 1.29 is 27.5 Å². The van der Waals surface area contributed by atoms with E-state index >= 15 is 0 Å². The molecular weight excluding hydrogens is 454 g/mol. The normalized spacial score (nSPS) is 14.3. The highest BCUT2D eigenvalue weighted by atomic mass is 32.2. The Bertz CT molecular complexity index is 1130. The Morgan fingerprint density at radius 2 is 1.75 bits per heavy atom. The van der Waals surface area contributed by atoms with E-state index < -0.39 is 27.8 Å². The molecule has 0 aliphatic carbocycles. The quantitative estimate of drug-likeness (QED) is 0.349. The van der Waals surface area contributed by atoms with Crippen molar-refractivity contribution in [1.29, 1.82) is 0 Å². The number of amides is 2. The van der Waals surface area contributed by atoms with Crippen molar-refractivity contribution in [3.8, 4) is 0 Å². The van der Waals surface area contributed by atoms with Crippen LogP contribution in [-0.4, -0.2) is 59.0 Å². The third-order valence-corrected chi connectivity index (χ3v) is 7.25. The van der Waals surface area contributed by atoms with Crippen LogP contribution in [0.2, 0.25) is 0 Å². The molecule has 0 atom stereocenters. The van der Waals surface area contributed by atoms with Gasteiger partial charge in [0.15, 0.2) is 0 Å². The summed E-state index contributed by atoms with van der Waals surface area (Å²) < 4.78 is 33.7. The number of imide groups is 1. The first-order valence-electron chi connectivity index (χ1n) is 9.63. The Morgan fingerprint density at radius 3 is 2.31 bits per heavy atom. The zero-order chi connectivity index (χ0) is 23.5. The number of benzene rings is 2. The molecule has 0 bridgehead atoms. The molecule has 11 heteroatoms. The first-order chi connectivity index (χ1) is 15.1. The minimum Gasteiger partial charge on any atom is -0.465 e. The maximum atomic E-state index is 13.2. The summed E-state index contributed by atoms with van der Waals surface area (Å²) in [5, 5.41) is 0. The molecule has 0 unspecified atom stereocenters. The number of ether oxygens (including phenoxy) is 1. The molecule has 0 aromatic heterocycles. The Morgan fingerprint density at radius 1 is 1.12 bits per heavy atom. The highest BCUT2D eigenvalue weighted by molar-refractivity contribution is 8.00. The Labute approximate surface area is 190 Å². The number of esters is 1. The van der Waals surface area contributed by atoms with Crippen LogP contribution >= 0.6 is 11.8 Å². The smallest absolute Gasteiger partial charge is 0.337 e. The van der Waals surface area contributed by atoms with Crippen molar-refractivity contribution in [3.05, 3.63) is 48.0 Å². The lowest BCUT2D eigenvalue weighted by Gasteiger charge is -2.22. The van der Waals surface area contributed by atoms with Crippen molar-refractivity contribution in [1.82, 2.24) is 9.62 Å². The van der Waals surface area contributed by atoms with E-state index in [4.69, 9.17) is 4.74 Å². The topological polar surface area (TPSA) is 113 Å². The number of nitrogens with zero attached hydrogens (tertiary/aromatic N) is 2. The fourth-order valence-electron chi connectivity index (χ4n) is 3.03. The molecule has 1 N–H and O–H groups in total. The summed E-state index contributed by atoms with van der Waals surface area (Å²) in [7, 11) is 0.428. The number of nitrogens with one attached hydrogen (secondary N) is 1.